The number of halogens is 2. The molecule has 0 aliphatic heterocycles. The van der Waals surface area contributed by atoms with Crippen molar-refractivity contribution in [2.45, 2.75) is 31.9 Å². The molecule has 0 bridgehead atoms. The molecule has 3 rings (SSSR count). The number of ether oxygens (including phenoxy) is 2. The van der Waals surface area contributed by atoms with E-state index in [9.17, 15) is 18.4 Å². The van der Waals surface area contributed by atoms with Gasteiger partial charge in [0.1, 0.15) is 11.5 Å². The monoisotopic (exact) mass is 404 g/mol. The number of alkyl halides is 2. The quantitative estimate of drug-likeness (QED) is 0.639. The molecule has 1 fully saturated rings. The average Bonchev–Trinajstić information content (AvgIpc) is 3.51. The lowest BCUT2D eigenvalue weighted by Crippen LogP contribution is -2.30. The van der Waals surface area contributed by atoms with E-state index in [0.29, 0.717) is 24.8 Å². The predicted molar refractivity (Wildman–Crippen MR) is 102 cm³/mol. The fraction of sp³-hybridized carbons (Fsp3) is 0.333. The predicted octanol–water partition coefficient (Wildman–Crippen LogP) is 2.92. The summed E-state index contributed by atoms with van der Waals surface area (Å²) in [6, 6.07) is 13.2. The Morgan fingerprint density at radius 2 is 1.83 bits per heavy atom. The van der Waals surface area contributed by atoms with Crippen LogP contribution in [0.2, 0.25) is 0 Å². The summed E-state index contributed by atoms with van der Waals surface area (Å²) in [6.07, 6.45) is 2.65. The Labute approximate surface area is 167 Å². The second kappa shape index (κ2) is 9.86. The molecule has 0 aromatic heterocycles. The van der Waals surface area contributed by atoms with Crippen LogP contribution in [0.3, 0.4) is 0 Å². The van der Waals surface area contributed by atoms with Crippen molar-refractivity contribution in [3.8, 4) is 11.5 Å². The summed E-state index contributed by atoms with van der Waals surface area (Å²) in [5.41, 5.74) is 1.23. The number of carbonyl (C=O) groups excluding carboxylic acids is 2. The molecule has 8 heteroatoms. The number of rotatable bonds is 10. The zero-order valence-electron chi connectivity index (χ0n) is 15.7. The molecule has 2 amide bonds. The van der Waals surface area contributed by atoms with E-state index in [4.69, 9.17) is 4.74 Å². The molecule has 0 unspecified atom stereocenters. The second-order valence-corrected chi connectivity index (χ2v) is 6.69. The number of hydrogen-bond acceptors (Lipinski definition) is 4. The van der Waals surface area contributed by atoms with Crippen LogP contribution in [0.1, 0.15) is 28.8 Å². The zero-order valence-corrected chi connectivity index (χ0v) is 15.7. The van der Waals surface area contributed by atoms with E-state index < -0.39 is 6.61 Å². The molecule has 1 saturated carbocycles. The van der Waals surface area contributed by atoms with Gasteiger partial charge in [-0.1, -0.05) is 18.2 Å². The molecule has 154 valence electrons. The summed E-state index contributed by atoms with van der Waals surface area (Å²) in [4.78, 5) is 23.8. The summed E-state index contributed by atoms with van der Waals surface area (Å²) in [5, 5.41) is 5.59. The first-order chi connectivity index (χ1) is 14.0. The lowest BCUT2D eigenvalue weighted by Gasteiger charge is -2.09. The Kier molecular flexibility index (Phi) is 6.99. The normalized spacial score (nSPS) is 13.1. The van der Waals surface area contributed by atoms with Crippen molar-refractivity contribution in [1.29, 1.82) is 0 Å². The summed E-state index contributed by atoms with van der Waals surface area (Å²) < 4.78 is 34.3. The van der Waals surface area contributed by atoms with Gasteiger partial charge in [-0.05, 0) is 55.2 Å². The molecule has 1 aliphatic rings. The molecule has 0 heterocycles. The minimum Gasteiger partial charge on any atom is -0.484 e. The maximum Gasteiger partial charge on any atom is 0.387 e. The van der Waals surface area contributed by atoms with Crippen LogP contribution in [0.25, 0.3) is 0 Å². The third-order valence-electron chi connectivity index (χ3n) is 4.26. The van der Waals surface area contributed by atoms with Gasteiger partial charge < -0.3 is 20.1 Å². The van der Waals surface area contributed by atoms with Gasteiger partial charge in [0.15, 0.2) is 6.61 Å². The lowest BCUT2D eigenvalue weighted by atomic mass is 10.1. The minimum atomic E-state index is -2.94. The summed E-state index contributed by atoms with van der Waals surface area (Å²) >= 11 is 0. The summed E-state index contributed by atoms with van der Waals surface area (Å²) in [7, 11) is 0. The second-order valence-electron chi connectivity index (χ2n) is 6.69. The SMILES string of the molecule is O=C(COc1ccc(CCNC(=O)c2cccc(OC(F)F)c2)cc1)NC1CC1. The van der Waals surface area contributed by atoms with E-state index in [0.717, 1.165) is 18.4 Å². The van der Waals surface area contributed by atoms with Crippen molar-refractivity contribution >= 4 is 11.8 Å². The summed E-state index contributed by atoms with van der Waals surface area (Å²) in [5.74, 6) is 0.0438. The van der Waals surface area contributed by atoms with E-state index in [1.54, 1.807) is 12.1 Å². The number of amides is 2. The first-order valence-corrected chi connectivity index (χ1v) is 9.34. The maximum atomic E-state index is 12.3. The van der Waals surface area contributed by atoms with Gasteiger partial charge in [-0.25, -0.2) is 0 Å². The number of carbonyl (C=O) groups is 2. The average molecular weight is 404 g/mol. The fourth-order valence-corrected chi connectivity index (χ4v) is 2.63. The van der Waals surface area contributed by atoms with Gasteiger partial charge >= 0.3 is 6.61 Å². The Morgan fingerprint density at radius 1 is 1.07 bits per heavy atom. The number of hydrogen-bond donors (Lipinski definition) is 2. The summed E-state index contributed by atoms with van der Waals surface area (Å²) in [6.45, 7) is -2.57. The van der Waals surface area contributed by atoms with Crippen LogP contribution in [-0.4, -0.2) is 37.6 Å². The van der Waals surface area contributed by atoms with Crippen LogP contribution >= 0.6 is 0 Å². The van der Waals surface area contributed by atoms with Gasteiger partial charge in [-0.15, -0.1) is 0 Å². The lowest BCUT2D eigenvalue weighted by molar-refractivity contribution is -0.123. The molecule has 0 spiro atoms. The molecular weight excluding hydrogens is 382 g/mol. The number of nitrogens with one attached hydrogen (secondary N) is 2. The van der Waals surface area contributed by atoms with Crippen LogP contribution in [0.15, 0.2) is 48.5 Å². The van der Waals surface area contributed by atoms with Crippen molar-refractivity contribution in [2.24, 2.45) is 0 Å². The highest BCUT2D eigenvalue weighted by atomic mass is 19.3. The van der Waals surface area contributed by atoms with Crippen molar-refractivity contribution < 1.29 is 27.8 Å². The molecule has 0 radical (unpaired) electrons. The van der Waals surface area contributed by atoms with Crippen LogP contribution in [0.4, 0.5) is 8.78 Å². The third kappa shape index (κ3) is 7.06. The van der Waals surface area contributed by atoms with E-state index in [-0.39, 0.29) is 29.7 Å². The topological polar surface area (TPSA) is 76.7 Å². The Bertz CT molecular complexity index is 839. The van der Waals surface area contributed by atoms with Gasteiger partial charge in [-0.3, -0.25) is 9.59 Å². The standard InChI is InChI=1S/C21H22F2N2O4/c22-21(23)29-18-3-1-2-15(12-18)20(27)24-11-10-14-4-8-17(9-5-14)28-13-19(26)25-16-6-7-16/h1-5,8-9,12,16,21H,6-7,10-11,13H2,(H,24,27)(H,25,26). The first-order valence-electron chi connectivity index (χ1n) is 9.34. The molecule has 1 aliphatic carbocycles. The highest BCUT2D eigenvalue weighted by molar-refractivity contribution is 5.94. The van der Waals surface area contributed by atoms with E-state index in [2.05, 4.69) is 15.4 Å². The highest BCUT2D eigenvalue weighted by Crippen LogP contribution is 2.19. The van der Waals surface area contributed by atoms with Crippen LogP contribution < -0.4 is 20.1 Å². The smallest absolute Gasteiger partial charge is 0.387 e. The van der Waals surface area contributed by atoms with Gasteiger partial charge in [0.05, 0.1) is 0 Å². The molecule has 0 saturated heterocycles. The molecule has 29 heavy (non-hydrogen) atoms. The fourth-order valence-electron chi connectivity index (χ4n) is 2.63. The molecule has 6 nitrogen and oxygen atoms in total. The van der Waals surface area contributed by atoms with Crippen molar-refractivity contribution in [3.05, 3.63) is 59.7 Å². The van der Waals surface area contributed by atoms with Crippen LogP contribution in [0.5, 0.6) is 11.5 Å². The molecule has 2 aromatic carbocycles. The number of benzene rings is 2. The van der Waals surface area contributed by atoms with Gasteiger partial charge in [0, 0.05) is 18.2 Å². The molecule has 2 N–H and O–H groups in total. The van der Waals surface area contributed by atoms with E-state index in [1.165, 1.54) is 24.3 Å². The van der Waals surface area contributed by atoms with Crippen LogP contribution in [-0.2, 0) is 11.2 Å². The first kappa shape index (κ1) is 20.6. The van der Waals surface area contributed by atoms with Crippen molar-refractivity contribution in [2.75, 3.05) is 13.2 Å². The van der Waals surface area contributed by atoms with Crippen LogP contribution in [0, 0.1) is 0 Å². The largest absolute Gasteiger partial charge is 0.484 e. The Balaban J connectivity index is 1.40. The minimum absolute atomic E-state index is 0.0136. The van der Waals surface area contributed by atoms with Crippen molar-refractivity contribution in [1.82, 2.24) is 10.6 Å². The highest BCUT2D eigenvalue weighted by Gasteiger charge is 2.23. The molecule has 0 atom stereocenters. The maximum absolute atomic E-state index is 12.3. The van der Waals surface area contributed by atoms with E-state index in [1.807, 2.05) is 12.1 Å². The Hall–Kier alpha value is -3.16. The third-order valence-corrected chi connectivity index (χ3v) is 4.26. The molecular formula is C21H22F2N2O4. The van der Waals surface area contributed by atoms with E-state index >= 15 is 0 Å². The van der Waals surface area contributed by atoms with Crippen molar-refractivity contribution in [3.63, 3.8) is 0 Å². The Morgan fingerprint density at radius 3 is 2.52 bits per heavy atom. The molecule has 2 aromatic rings. The zero-order chi connectivity index (χ0) is 20.6. The van der Waals surface area contributed by atoms with Gasteiger partial charge in [0.25, 0.3) is 11.8 Å². The van der Waals surface area contributed by atoms with Gasteiger partial charge in [-0.2, -0.15) is 8.78 Å². The van der Waals surface area contributed by atoms with Gasteiger partial charge in [0.2, 0.25) is 0 Å².